The average molecular weight is 386 g/mol. The molecule has 0 aliphatic rings. The first-order valence-corrected chi connectivity index (χ1v) is 7.88. The van der Waals surface area contributed by atoms with Crippen LogP contribution in [0.3, 0.4) is 0 Å². The second-order valence-corrected chi connectivity index (χ2v) is 6.16. The number of nitrogens with zero attached hydrogens (tertiary/aromatic N) is 2. The molecular formula is C16H14Cl2FN3O3. The number of amides is 1. The number of benzene rings is 2. The molecule has 0 aliphatic heterocycles. The monoisotopic (exact) mass is 385 g/mol. The van der Waals surface area contributed by atoms with Gasteiger partial charge in [-0.2, -0.15) is 0 Å². The number of halogens is 3. The third kappa shape index (κ3) is 5.12. The Morgan fingerprint density at radius 2 is 2.00 bits per heavy atom. The van der Waals surface area contributed by atoms with E-state index >= 15 is 0 Å². The van der Waals surface area contributed by atoms with Crippen LogP contribution in [0.5, 0.6) is 0 Å². The van der Waals surface area contributed by atoms with Crippen LogP contribution in [0.25, 0.3) is 0 Å². The maximum absolute atomic E-state index is 13.8. The third-order valence-electron chi connectivity index (χ3n) is 3.33. The van der Waals surface area contributed by atoms with E-state index in [0.717, 1.165) is 0 Å². The molecule has 1 N–H and O–H groups in total. The number of carbonyl (C=O) groups is 1. The minimum Gasteiger partial charge on any atom is -0.325 e. The van der Waals surface area contributed by atoms with Crippen LogP contribution < -0.4 is 5.32 Å². The molecule has 2 aromatic carbocycles. The second-order valence-electron chi connectivity index (χ2n) is 5.34. The van der Waals surface area contributed by atoms with Crippen molar-refractivity contribution in [1.29, 1.82) is 0 Å². The van der Waals surface area contributed by atoms with Crippen molar-refractivity contribution < 1.29 is 14.1 Å². The zero-order chi connectivity index (χ0) is 18.6. The van der Waals surface area contributed by atoms with E-state index in [9.17, 15) is 19.3 Å². The molecule has 9 heteroatoms. The molecule has 0 bridgehead atoms. The largest absolute Gasteiger partial charge is 0.325 e. The first kappa shape index (κ1) is 19.1. The quantitative estimate of drug-likeness (QED) is 0.599. The molecule has 0 aliphatic carbocycles. The van der Waals surface area contributed by atoms with Gasteiger partial charge in [-0.15, -0.1) is 0 Å². The van der Waals surface area contributed by atoms with E-state index in [1.165, 1.54) is 30.3 Å². The van der Waals surface area contributed by atoms with E-state index in [0.29, 0.717) is 5.56 Å². The van der Waals surface area contributed by atoms with E-state index in [1.807, 2.05) is 0 Å². The SMILES string of the molecule is CN(CC(=O)Nc1ccc(Cl)c([N+](=O)[O-])c1)Cc1c(F)cccc1Cl. The van der Waals surface area contributed by atoms with Gasteiger partial charge in [0, 0.05) is 28.9 Å². The second kappa shape index (κ2) is 8.24. The van der Waals surface area contributed by atoms with Crippen molar-refractivity contribution in [1.82, 2.24) is 4.90 Å². The van der Waals surface area contributed by atoms with Crippen molar-refractivity contribution >= 4 is 40.5 Å². The van der Waals surface area contributed by atoms with Gasteiger partial charge < -0.3 is 5.32 Å². The predicted molar refractivity (Wildman–Crippen MR) is 94.5 cm³/mol. The summed E-state index contributed by atoms with van der Waals surface area (Å²) in [7, 11) is 1.63. The molecule has 0 spiro atoms. The van der Waals surface area contributed by atoms with Crippen molar-refractivity contribution in [2.75, 3.05) is 18.9 Å². The molecule has 0 radical (unpaired) electrons. The van der Waals surface area contributed by atoms with Crippen molar-refractivity contribution in [2.24, 2.45) is 0 Å². The smallest absolute Gasteiger partial charge is 0.289 e. The number of hydrogen-bond donors (Lipinski definition) is 1. The number of likely N-dealkylation sites (N-methyl/N-ethyl adjacent to an activating group) is 1. The molecule has 0 unspecified atom stereocenters. The maximum atomic E-state index is 13.8. The predicted octanol–water partition coefficient (Wildman–Crippen LogP) is 4.11. The number of anilines is 1. The zero-order valence-corrected chi connectivity index (χ0v) is 14.6. The fourth-order valence-electron chi connectivity index (χ4n) is 2.19. The van der Waals surface area contributed by atoms with Crippen LogP contribution in [0.2, 0.25) is 10.0 Å². The highest BCUT2D eigenvalue weighted by Crippen LogP contribution is 2.27. The number of nitro benzene ring substituents is 1. The minimum atomic E-state index is -0.635. The zero-order valence-electron chi connectivity index (χ0n) is 13.1. The van der Waals surface area contributed by atoms with Gasteiger partial charge in [-0.3, -0.25) is 19.8 Å². The van der Waals surface area contributed by atoms with Crippen LogP contribution in [0.4, 0.5) is 15.8 Å². The lowest BCUT2D eigenvalue weighted by atomic mass is 10.2. The van der Waals surface area contributed by atoms with Crippen LogP contribution in [0, 0.1) is 15.9 Å². The van der Waals surface area contributed by atoms with Gasteiger partial charge in [0.1, 0.15) is 10.8 Å². The molecule has 0 saturated heterocycles. The van der Waals surface area contributed by atoms with Gasteiger partial charge in [0.25, 0.3) is 5.69 Å². The highest BCUT2D eigenvalue weighted by atomic mass is 35.5. The van der Waals surface area contributed by atoms with E-state index in [1.54, 1.807) is 18.0 Å². The molecule has 0 fully saturated rings. The van der Waals surface area contributed by atoms with Crippen LogP contribution in [0.1, 0.15) is 5.56 Å². The van der Waals surface area contributed by atoms with Crippen molar-refractivity contribution in [3.63, 3.8) is 0 Å². The lowest BCUT2D eigenvalue weighted by Gasteiger charge is -2.17. The standard InChI is InChI=1S/C16H14Cl2FN3O3/c1-21(8-11-12(17)3-2-4-14(11)19)9-16(23)20-10-5-6-13(18)15(7-10)22(24)25/h2-7H,8-9H2,1H3,(H,20,23). The maximum Gasteiger partial charge on any atom is 0.289 e. The van der Waals surface area contributed by atoms with Gasteiger partial charge in [-0.05, 0) is 31.3 Å². The molecular weight excluding hydrogens is 372 g/mol. The van der Waals surface area contributed by atoms with Crippen molar-refractivity contribution in [3.05, 3.63) is 67.9 Å². The number of nitro groups is 1. The molecule has 0 saturated carbocycles. The fourth-order valence-corrected chi connectivity index (χ4v) is 2.59. The number of nitrogens with one attached hydrogen (secondary N) is 1. The molecule has 0 aromatic heterocycles. The summed E-state index contributed by atoms with van der Waals surface area (Å²) in [5.41, 5.74) is 0.242. The Bertz CT molecular complexity index is 797. The summed E-state index contributed by atoms with van der Waals surface area (Å²) < 4.78 is 13.8. The third-order valence-corrected chi connectivity index (χ3v) is 4.00. The Morgan fingerprint density at radius 1 is 1.28 bits per heavy atom. The molecule has 0 heterocycles. The number of carbonyl (C=O) groups excluding carboxylic acids is 1. The normalized spacial score (nSPS) is 10.8. The minimum absolute atomic E-state index is 0.0192. The topological polar surface area (TPSA) is 75.5 Å². The van der Waals surface area contributed by atoms with Gasteiger partial charge in [0.05, 0.1) is 11.5 Å². The van der Waals surface area contributed by atoms with E-state index in [-0.39, 0.29) is 34.5 Å². The molecule has 1 amide bonds. The highest BCUT2D eigenvalue weighted by Gasteiger charge is 2.16. The van der Waals surface area contributed by atoms with Crippen molar-refractivity contribution in [3.8, 4) is 0 Å². The molecule has 25 heavy (non-hydrogen) atoms. The summed E-state index contributed by atoms with van der Waals surface area (Å²) in [6.45, 7) is 0.0841. The van der Waals surface area contributed by atoms with Crippen LogP contribution in [0.15, 0.2) is 36.4 Å². The highest BCUT2D eigenvalue weighted by molar-refractivity contribution is 6.32. The average Bonchev–Trinajstić information content (AvgIpc) is 2.52. The Hall–Kier alpha value is -2.22. The van der Waals surface area contributed by atoms with Gasteiger partial charge in [-0.1, -0.05) is 29.3 Å². The Morgan fingerprint density at radius 3 is 2.64 bits per heavy atom. The van der Waals surface area contributed by atoms with Crippen LogP contribution >= 0.6 is 23.2 Å². The summed E-state index contributed by atoms with van der Waals surface area (Å²) in [5, 5.41) is 13.7. The van der Waals surface area contributed by atoms with E-state index in [2.05, 4.69) is 5.32 Å². The first-order valence-electron chi connectivity index (χ1n) is 7.13. The molecule has 2 rings (SSSR count). The Kier molecular flexibility index (Phi) is 6.30. The lowest BCUT2D eigenvalue weighted by molar-refractivity contribution is -0.384. The van der Waals surface area contributed by atoms with Crippen molar-refractivity contribution in [2.45, 2.75) is 6.54 Å². The van der Waals surface area contributed by atoms with Gasteiger partial charge in [-0.25, -0.2) is 4.39 Å². The number of hydrogen-bond acceptors (Lipinski definition) is 4. The summed E-state index contributed by atoms with van der Waals surface area (Å²) in [6.07, 6.45) is 0. The fraction of sp³-hybridized carbons (Fsp3) is 0.188. The van der Waals surface area contributed by atoms with Crippen LogP contribution in [-0.4, -0.2) is 29.3 Å². The molecule has 132 valence electrons. The number of rotatable bonds is 6. The van der Waals surface area contributed by atoms with E-state index in [4.69, 9.17) is 23.2 Å². The van der Waals surface area contributed by atoms with Crippen LogP contribution in [-0.2, 0) is 11.3 Å². The summed E-state index contributed by atoms with van der Waals surface area (Å²) in [4.78, 5) is 23.9. The van der Waals surface area contributed by atoms with Gasteiger partial charge >= 0.3 is 0 Å². The summed E-state index contributed by atoms with van der Waals surface area (Å²) in [6, 6.07) is 8.33. The summed E-state index contributed by atoms with van der Waals surface area (Å²) >= 11 is 11.7. The molecule has 6 nitrogen and oxygen atoms in total. The Balaban J connectivity index is 2.00. The lowest BCUT2D eigenvalue weighted by Crippen LogP contribution is -2.30. The first-order chi connectivity index (χ1) is 11.8. The molecule has 0 atom stereocenters. The van der Waals surface area contributed by atoms with E-state index < -0.39 is 16.6 Å². The van der Waals surface area contributed by atoms with Gasteiger partial charge in [0.15, 0.2) is 0 Å². The summed E-state index contributed by atoms with van der Waals surface area (Å²) in [5.74, 6) is -0.861. The molecule has 2 aromatic rings. The Labute approximate surface area is 153 Å². The van der Waals surface area contributed by atoms with Gasteiger partial charge in [0.2, 0.25) is 5.91 Å².